The second-order valence-corrected chi connectivity index (χ2v) is 5.21. The summed E-state index contributed by atoms with van der Waals surface area (Å²) in [6, 6.07) is 0.336. The number of anilines is 3. The second-order valence-electron chi connectivity index (χ2n) is 4.30. The fraction of sp³-hybridized carbons (Fsp3) is 0.750. The molecule has 0 amide bonds. The zero-order chi connectivity index (χ0) is 15.0. The minimum Gasteiger partial charge on any atom is -0.350 e. The first-order valence-electron chi connectivity index (χ1n) is 6.91. The molecule has 7 nitrogen and oxygen atoms in total. The molecule has 0 bridgehead atoms. The predicted molar refractivity (Wildman–Crippen MR) is 87.3 cm³/mol. The van der Waals surface area contributed by atoms with Gasteiger partial charge in [-0.3, -0.25) is 5.43 Å². The van der Waals surface area contributed by atoms with Crippen LogP contribution >= 0.6 is 11.8 Å². The number of rotatable bonds is 9. The standard InChI is InChI=1S/C12H25N7S/c1-5-9(8-20-4)14-10-15-11(18-13)17-12(16-10)19(6-2)7-3/h9H,5-8,13H2,1-4H3,(H2,14,15,16,17,18). The number of nitrogens with two attached hydrogens (primary N) is 1. The van der Waals surface area contributed by atoms with Crippen LogP contribution in [0, 0.1) is 0 Å². The summed E-state index contributed by atoms with van der Waals surface area (Å²) in [6.45, 7) is 7.96. The summed E-state index contributed by atoms with van der Waals surface area (Å²) in [6.07, 6.45) is 3.10. The van der Waals surface area contributed by atoms with Crippen LogP contribution in [0.5, 0.6) is 0 Å². The van der Waals surface area contributed by atoms with Crippen LogP contribution in [0.2, 0.25) is 0 Å². The Labute approximate surface area is 125 Å². The summed E-state index contributed by atoms with van der Waals surface area (Å²) in [7, 11) is 0. The molecule has 1 aromatic heterocycles. The Balaban J connectivity index is 2.97. The third-order valence-electron chi connectivity index (χ3n) is 2.99. The Kier molecular flexibility index (Phi) is 7.38. The molecule has 4 N–H and O–H groups in total. The van der Waals surface area contributed by atoms with E-state index in [9.17, 15) is 0 Å². The van der Waals surface area contributed by atoms with E-state index < -0.39 is 0 Å². The van der Waals surface area contributed by atoms with Crippen LogP contribution in [0.15, 0.2) is 0 Å². The van der Waals surface area contributed by atoms with Crippen molar-refractivity contribution in [1.82, 2.24) is 15.0 Å². The normalized spacial score (nSPS) is 12.1. The van der Waals surface area contributed by atoms with Gasteiger partial charge >= 0.3 is 0 Å². The molecule has 1 heterocycles. The van der Waals surface area contributed by atoms with Gasteiger partial charge in [-0.25, -0.2) is 5.84 Å². The van der Waals surface area contributed by atoms with E-state index >= 15 is 0 Å². The average Bonchev–Trinajstić information content (AvgIpc) is 2.47. The molecule has 0 aliphatic carbocycles. The Morgan fingerprint density at radius 2 is 1.80 bits per heavy atom. The molecule has 1 rings (SSSR count). The molecular weight excluding hydrogens is 274 g/mol. The van der Waals surface area contributed by atoms with Crippen molar-refractivity contribution in [2.45, 2.75) is 33.2 Å². The second kappa shape index (κ2) is 8.80. The molecule has 0 spiro atoms. The summed E-state index contributed by atoms with van der Waals surface area (Å²) in [4.78, 5) is 15.1. The first-order valence-corrected chi connectivity index (χ1v) is 8.30. The molecule has 0 saturated heterocycles. The van der Waals surface area contributed by atoms with Gasteiger partial charge in [-0.05, 0) is 26.5 Å². The van der Waals surface area contributed by atoms with Gasteiger partial charge in [0, 0.05) is 24.9 Å². The lowest BCUT2D eigenvalue weighted by Gasteiger charge is -2.21. The molecule has 0 aromatic carbocycles. The van der Waals surface area contributed by atoms with Gasteiger partial charge in [0.1, 0.15) is 0 Å². The average molecular weight is 299 g/mol. The highest BCUT2D eigenvalue weighted by Crippen LogP contribution is 2.15. The SMILES string of the molecule is CCC(CSC)Nc1nc(NN)nc(N(CC)CC)n1. The van der Waals surface area contributed by atoms with Crippen LogP contribution in [0.1, 0.15) is 27.2 Å². The Morgan fingerprint density at radius 3 is 2.30 bits per heavy atom. The topological polar surface area (TPSA) is 92.0 Å². The van der Waals surface area contributed by atoms with Gasteiger partial charge in [-0.1, -0.05) is 6.92 Å². The molecule has 114 valence electrons. The Hall–Kier alpha value is -1.28. The van der Waals surface area contributed by atoms with Gasteiger partial charge < -0.3 is 10.2 Å². The smallest absolute Gasteiger partial charge is 0.243 e. The largest absolute Gasteiger partial charge is 0.350 e. The fourth-order valence-electron chi connectivity index (χ4n) is 1.79. The maximum atomic E-state index is 5.44. The van der Waals surface area contributed by atoms with Gasteiger partial charge in [0.15, 0.2) is 0 Å². The van der Waals surface area contributed by atoms with Crippen molar-refractivity contribution in [1.29, 1.82) is 0 Å². The van der Waals surface area contributed by atoms with Crippen molar-refractivity contribution in [2.24, 2.45) is 5.84 Å². The molecule has 20 heavy (non-hydrogen) atoms. The van der Waals surface area contributed by atoms with Crippen molar-refractivity contribution in [3.63, 3.8) is 0 Å². The molecule has 8 heteroatoms. The van der Waals surface area contributed by atoms with Crippen LogP contribution in [0.3, 0.4) is 0 Å². The number of hydrogen-bond acceptors (Lipinski definition) is 8. The first-order chi connectivity index (χ1) is 9.68. The maximum absolute atomic E-state index is 5.44. The lowest BCUT2D eigenvalue weighted by atomic mass is 10.3. The van der Waals surface area contributed by atoms with E-state index in [0.29, 0.717) is 23.9 Å². The summed E-state index contributed by atoms with van der Waals surface area (Å²) < 4.78 is 0. The summed E-state index contributed by atoms with van der Waals surface area (Å²) >= 11 is 1.80. The fourth-order valence-corrected chi connectivity index (χ4v) is 2.51. The van der Waals surface area contributed by atoms with E-state index in [-0.39, 0.29) is 0 Å². The van der Waals surface area contributed by atoms with Gasteiger partial charge in [0.05, 0.1) is 0 Å². The van der Waals surface area contributed by atoms with Crippen molar-refractivity contribution in [3.8, 4) is 0 Å². The molecule has 0 radical (unpaired) electrons. The number of nitrogens with zero attached hydrogens (tertiary/aromatic N) is 4. The number of nitrogens with one attached hydrogen (secondary N) is 2. The molecule has 1 unspecified atom stereocenters. The van der Waals surface area contributed by atoms with Crippen LogP contribution in [-0.4, -0.2) is 46.1 Å². The van der Waals surface area contributed by atoms with Gasteiger partial charge in [0.25, 0.3) is 0 Å². The minimum atomic E-state index is 0.336. The summed E-state index contributed by atoms with van der Waals surface area (Å²) in [5.41, 5.74) is 2.50. The van der Waals surface area contributed by atoms with Gasteiger partial charge in [-0.15, -0.1) is 0 Å². The van der Waals surface area contributed by atoms with E-state index in [1.165, 1.54) is 0 Å². The van der Waals surface area contributed by atoms with Gasteiger partial charge in [0.2, 0.25) is 17.8 Å². The van der Waals surface area contributed by atoms with Crippen molar-refractivity contribution in [2.75, 3.05) is 40.7 Å². The van der Waals surface area contributed by atoms with Crippen LogP contribution in [0.25, 0.3) is 0 Å². The Bertz CT molecular complexity index is 397. The van der Waals surface area contributed by atoms with E-state index in [1.54, 1.807) is 11.8 Å². The number of aromatic nitrogens is 3. The van der Waals surface area contributed by atoms with E-state index in [1.807, 2.05) is 0 Å². The molecule has 0 aliphatic rings. The van der Waals surface area contributed by atoms with Crippen molar-refractivity contribution >= 4 is 29.6 Å². The predicted octanol–water partition coefficient (Wildman–Crippen LogP) is 1.56. The van der Waals surface area contributed by atoms with E-state index in [2.05, 4.69) is 57.6 Å². The molecule has 1 aromatic rings. The lowest BCUT2D eigenvalue weighted by Crippen LogP contribution is -2.28. The third kappa shape index (κ3) is 4.68. The molecule has 0 fully saturated rings. The highest BCUT2D eigenvalue weighted by atomic mass is 32.2. The van der Waals surface area contributed by atoms with E-state index in [0.717, 1.165) is 25.3 Å². The Morgan fingerprint density at radius 1 is 1.15 bits per heavy atom. The number of hydrazine groups is 1. The van der Waals surface area contributed by atoms with Gasteiger partial charge in [-0.2, -0.15) is 26.7 Å². The number of hydrogen-bond donors (Lipinski definition) is 3. The van der Waals surface area contributed by atoms with E-state index in [4.69, 9.17) is 5.84 Å². The molecule has 1 atom stereocenters. The first kappa shape index (κ1) is 16.8. The number of nitrogen functional groups attached to an aromatic ring is 1. The zero-order valence-electron chi connectivity index (χ0n) is 12.7. The maximum Gasteiger partial charge on any atom is 0.243 e. The molecule has 0 aliphatic heterocycles. The highest BCUT2D eigenvalue weighted by molar-refractivity contribution is 7.98. The number of thioether (sulfide) groups is 1. The lowest BCUT2D eigenvalue weighted by molar-refractivity contribution is 0.754. The van der Waals surface area contributed by atoms with Crippen LogP contribution < -0.4 is 21.5 Å². The van der Waals surface area contributed by atoms with Crippen LogP contribution in [0.4, 0.5) is 17.8 Å². The molecular formula is C12H25N7S. The molecule has 0 saturated carbocycles. The quantitative estimate of drug-likeness (QED) is 0.467. The monoisotopic (exact) mass is 299 g/mol. The third-order valence-corrected chi connectivity index (χ3v) is 3.73. The minimum absolute atomic E-state index is 0.336. The van der Waals surface area contributed by atoms with Crippen molar-refractivity contribution in [3.05, 3.63) is 0 Å². The summed E-state index contributed by atoms with van der Waals surface area (Å²) in [5, 5.41) is 3.34. The van der Waals surface area contributed by atoms with Crippen LogP contribution in [-0.2, 0) is 0 Å². The highest BCUT2D eigenvalue weighted by Gasteiger charge is 2.13. The van der Waals surface area contributed by atoms with Crippen molar-refractivity contribution < 1.29 is 0 Å². The zero-order valence-corrected chi connectivity index (χ0v) is 13.5. The summed E-state index contributed by atoms with van der Waals surface area (Å²) in [5.74, 6) is 8.03.